The van der Waals surface area contributed by atoms with E-state index in [4.69, 9.17) is 5.14 Å². The molecule has 0 radical (unpaired) electrons. The molecule has 0 aromatic heterocycles. The van der Waals surface area contributed by atoms with E-state index >= 15 is 0 Å². The molecule has 0 bridgehead atoms. The highest BCUT2D eigenvalue weighted by Crippen LogP contribution is 2.32. The van der Waals surface area contributed by atoms with Gasteiger partial charge in [-0.2, -0.15) is 4.31 Å². The minimum atomic E-state index is -3.92. The molecule has 1 aliphatic heterocycles. The lowest BCUT2D eigenvalue weighted by atomic mass is 9.85. The summed E-state index contributed by atoms with van der Waals surface area (Å²) in [6.45, 7) is 4.92. The quantitative estimate of drug-likeness (QED) is 0.897. The van der Waals surface area contributed by atoms with Gasteiger partial charge in [-0.1, -0.05) is 19.9 Å². The molecule has 0 saturated carbocycles. The van der Waals surface area contributed by atoms with Gasteiger partial charge < -0.3 is 0 Å². The van der Waals surface area contributed by atoms with Crippen molar-refractivity contribution in [2.75, 3.05) is 13.1 Å². The number of benzene rings is 1. The molecular formula is C13H20N2O4S2. The minimum absolute atomic E-state index is 0.0354. The Morgan fingerprint density at radius 3 is 2.33 bits per heavy atom. The molecule has 1 aromatic carbocycles. The monoisotopic (exact) mass is 332 g/mol. The lowest BCUT2D eigenvalue weighted by Gasteiger charge is -2.37. The summed E-state index contributed by atoms with van der Waals surface area (Å²) < 4.78 is 49.4. The molecule has 1 aromatic rings. The van der Waals surface area contributed by atoms with Crippen LogP contribution in [0.1, 0.15) is 26.7 Å². The molecule has 1 fully saturated rings. The molecule has 8 heteroatoms. The van der Waals surface area contributed by atoms with Crippen LogP contribution < -0.4 is 5.14 Å². The third kappa shape index (κ3) is 3.63. The van der Waals surface area contributed by atoms with Gasteiger partial charge in [-0.15, -0.1) is 0 Å². The molecule has 0 amide bonds. The molecule has 1 heterocycles. The smallest absolute Gasteiger partial charge is 0.225 e. The van der Waals surface area contributed by atoms with Crippen LogP contribution >= 0.6 is 0 Å². The number of piperidine rings is 1. The fraction of sp³-hybridized carbons (Fsp3) is 0.538. The Labute approximate surface area is 126 Å². The third-order valence-electron chi connectivity index (χ3n) is 3.64. The first-order valence-corrected chi connectivity index (χ1v) is 9.64. The Morgan fingerprint density at radius 2 is 1.76 bits per heavy atom. The van der Waals surface area contributed by atoms with Gasteiger partial charge in [0.1, 0.15) is 0 Å². The normalized spacial score (nSPS) is 20.3. The minimum Gasteiger partial charge on any atom is -0.225 e. The summed E-state index contributed by atoms with van der Waals surface area (Å²) in [5, 5.41) is 5.05. The molecule has 0 spiro atoms. The van der Waals surface area contributed by atoms with E-state index in [1.807, 2.05) is 13.8 Å². The van der Waals surface area contributed by atoms with Crippen molar-refractivity contribution in [3.05, 3.63) is 24.3 Å². The molecule has 0 unspecified atom stereocenters. The van der Waals surface area contributed by atoms with Gasteiger partial charge in [0.25, 0.3) is 0 Å². The Bertz CT molecular complexity index is 739. The molecule has 6 nitrogen and oxygen atoms in total. The maximum Gasteiger partial charge on any atom is 0.243 e. The molecule has 2 rings (SSSR count). The van der Waals surface area contributed by atoms with Crippen LogP contribution in [0.4, 0.5) is 0 Å². The molecule has 1 saturated heterocycles. The first-order chi connectivity index (χ1) is 9.52. The van der Waals surface area contributed by atoms with E-state index in [1.54, 1.807) is 0 Å². The van der Waals surface area contributed by atoms with E-state index in [1.165, 1.54) is 22.5 Å². The van der Waals surface area contributed by atoms with E-state index in [9.17, 15) is 16.8 Å². The fourth-order valence-electron chi connectivity index (χ4n) is 2.54. The van der Waals surface area contributed by atoms with E-state index in [2.05, 4.69) is 0 Å². The maximum absolute atomic E-state index is 12.6. The second-order valence-corrected chi connectivity index (χ2v) is 9.63. The van der Waals surface area contributed by atoms with Crippen molar-refractivity contribution in [2.24, 2.45) is 10.6 Å². The summed E-state index contributed by atoms with van der Waals surface area (Å²) in [7, 11) is -7.62. The van der Waals surface area contributed by atoms with Crippen molar-refractivity contribution in [3.8, 4) is 0 Å². The maximum atomic E-state index is 12.6. The highest BCUT2D eigenvalue weighted by Gasteiger charge is 2.34. The summed E-state index contributed by atoms with van der Waals surface area (Å²) >= 11 is 0. The van der Waals surface area contributed by atoms with Crippen LogP contribution in [0.15, 0.2) is 34.1 Å². The van der Waals surface area contributed by atoms with Crippen molar-refractivity contribution < 1.29 is 16.8 Å². The van der Waals surface area contributed by atoms with Gasteiger partial charge >= 0.3 is 0 Å². The van der Waals surface area contributed by atoms with E-state index < -0.39 is 20.0 Å². The van der Waals surface area contributed by atoms with Crippen LogP contribution in [0.2, 0.25) is 0 Å². The van der Waals surface area contributed by atoms with Crippen LogP contribution in [0.25, 0.3) is 0 Å². The third-order valence-corrected chi connectivity index (χ3v) is 6.39. The van der Waals surface area contributed by atoms with Crippen LogP contribution in [0.5, 0.6) is 0 Å². The molecular weight excluding hydrogens is 312 g/mol. The first-order valence-electron chi connectivity index (χ1n) is 6.65. The molecule has 21 heavy (non-hydrogen) atoms. The summed E-state index contributed by atoms with van der Waals surface area (Å²) in [6.07, 6.45) is 1.76. The zero-order chi connectivity index (χ0) is 15.9. The van der Waals surface area contributed by atoms with Crippen LogP contribution in [0.3, 0.4) is 0 Å². The van der Waals surface area contributed by atoms with Gasteiger partial charge in [0.2, 0.25) is 20.0 Å². The average Bonchev–Trinajstić information content (AvgIpc) is 2.36. The Hall–Kier alpha value is -0.960. The van der Waals surface area contributed by atoms with Crippen molar-refractivity contribution in [3.63, 3.8) is 0 Å². The van der Waals surface area contributed by atoms with E-state index in [0.29, 0.717) is 13.1 Å². The number of nitrogens with zero attached hydrogens (tertiary/aromatic N) is 1. The molecule has 2 N–H and O–H groups in total. The number of hydrogen-bond acceptors (Lipinski definition) is 4. The Balaban J connectivity index is 2.41. The van der Waals surface area contributed by atoms with Crippen molar-refractivity contribution in [1.82, 2.24) is 4.31 Å². The van der Waals surface area contributed by atoms with Crippen molar-refractivity contribution >= 4 is 20.0 Å². The van der Waals surface area contributed by atoms with Crippen molar-refractivity contribution in [2.45, 2.75) is 36.5 Å². The number of sulfonamides is 2. The summed E-state index contributed by atoms with van der Waals surface area (Å²) in [5.41, 5.74) is -0.0805. The number of primary sulfonamides is 1. The number of nitrogens with two attached hydrogens (primary N) is 1. The van der Waals surface area contributed by atoms with Gasteiger partial charge in [-0.25, -0.2) is 22.0 Å². The van der Waals surface area contributed by atoms with Gasteiger partial charge in [-0.3, -0.25) is 0 Å². The number of hydrogen-bond donors (Lipinski definition) is 1. The van der Waals surface area contributed by atoms with Crippen LogP contribution in [-0.2, 0) is 20.0 Å². The largest absolute Gasteiger partial charge is 0.243 e. The van der Waals surface area contributed by atoms with Crippen LogP contribution in [-0.4, -0.2) is 34.2 Å². The first kappa shape index (κ1) is 16.4. The zero-order valence-corrected chi connectivity index (χ0v) is 13.7. The van der Waals surface area contributed by atoms with Gasteiger partial charge in [0.15, 0.2) is 0 Å². The summed E-state index contributed by atoms with van der Waals surface area (Å²) in [6, 6.07) is 5.19. The second kappa shape index (κ2) is 5.35. The molecule has 0 atom stereocenters. The average molecular weight is 332 g/mol. The van der Waals surface area contributed by atoms with Gasteiger partial charge in [-0.05, 0) is 36.5 Å². The topological polar surface area (TPSA) is 97.5 Å². The number of rotatable bonds is 3. The van der Waals surface area contributed by atoms with Crippen LogP contribution in [0, 0.1) is 5.41 Å². The standard InChI is InChI=1S/C13H20N2O4S2/c1-13(2)7-4-8-15(10-13)21(18,19)12-6-3-5-11(9-12)20(14,16)17/h3,5-6,9H,4,7-8,10H2,1-2H3,(H2,14,16,17). The highest BCUT2D eigenvalue weighted by molar-refractivity contribution is 7.90. The van der Waals surface area contributed by atoms with Crippen molar-refractivity contribution in [1.29, 1.82) is 0 Å². The lowest BCUT2D eigenvalue weighted by Crippen LogP contribution is -2.43. The molecule has 118 valence electrons. The lowest BCUT2D eigenvalue weighted by molar-refractivity contribution is 0.187. The SMILES string of the molecule is CC1(C)CCCN(S(=O)(=O)c2cccc(S(N)(=O)=O)c2)C1. The fourth-order valence-corrected chi connectivity index (χ4v) is 4.88. The zero-order valence-electron chi connectivity index (χ0n) is 12.1. The Morgan fingerprint density at radius 1 is 1.14 bits per heavy atom. The van der Waals surface area contributed by atoms with E-state index in [-0.39, 0.29) is 15.2 Å². The second-order valence-electron chi connectivity index (χ2n) is 6.13. The van der Waals surface area contributed by atoms with Gasteiger partial charge in [0, 0.05) is 13.1 Å². The highest BCUT2D eigenvalue weighted by atomic mass is 32.2. The Kier molecular flexibility index (Phi) is 4.18. The van der Waals surface area contributed by atoms with E-state index in [0.717, 1.165) is 18.9 Å². The molecule has 0 aliphatic carbocycles. The van der Waals surface area contributed by atoms with Gasteiger partial charge in [0.05, 0.1) is 9.79 Å². The molecule has 1 aliphatic rings. The summed E-state index contributed by atoms with van der Waals surface area (Å²) in [4.78, 5) is -0.230. The predicted molar refractivity (Wildman–Crippen MR) is 79.6 cm³/mol. The summed E-state index contributed by atoms with van der Waals surface area (Å²) in [5.74, 6) is 0. The predicted octanol–water partition coefficient (Wildman–Crippen LogP) is 1.14.